The SMILES string of the molecule is Fc1cccc(Oc2cc(Cl)nc(C(F)(F)F)n2)c1F. The highest BCUT2D eigenvalue weighted by molar-refractivity contribution is 6.29. The molecule has 106 valence electrons. The lowest BCUT2D eigenvalue weighted by Crippen LogP contribution is -2.11. The van der Waals surface area contributed by atoms with Crippen LogP contribution in [0.2, 0.25) is 5.15 Å². The van der Waals surface area contributed by atoms with Crippen molar-refractivity contribution < 1.29 is 26.7 Å². The van der Waals surface area contributed by atoms with Gasteiger partial charge in [0.2, 0.25) is 17.5 Å². The maximum Gasteiger partial charge on any atom is 0.451 e. The Morgan fingerprint density at radius 3 is 2.45 bits per heavy atom. The first kappa shape index (κ1) is 14.4. The van der Waals surface area contributed by atoms with E-state index in [1.54, 1.807) is 0 Å². The van der Waals surface area contributed by atoms with Crippen molar-refractivity contribution in [3.8, 4) is 11.6 Å². The zero-order valence-corrected chi connectivity index (χ0v) is 10.1. The molecule has 0 bridgehead atoms. The minimum atomic E-state index is -4.84. The van der Waals surface area contributed by atoms with Crippen molar-refractivity contribution in [1.82, 2.24) is 9.97 Å². The first-order valence-corrected chi connectivity index (χ1v) is 5.39. The Labute approximate surface area is 114 Å². The van der Waals surface area contributed by atoms with E-state index in [0.717, 1.165) is 24.3 Å². The maximum atomic E-state index is 13.3. The summed E-state index contributed by atoms with van der Waals surface area (Å²) in [5, 5.41) is -0.542. The van der Waals surface area contributed by atoms with E-state index < -0.39 is 40.4 Å². The number of hydrogen-bond donors (Lipinski definition) is 0. The van der Waals surface area contributed by atoms with Gasteiger partial charge in [-0.1, -0.05) is 17.7 Å². The summed E-state index contributed by atoms with van der Waals surface area (Å²) in [7, 11) is 0. The molecule has 3 nitrogen and oxygen atoms in total. The largest absolute Gasteiger partial charge is 0.451 e. The number of nitrogens with zero attached hydrogens (tertiary/aromatic N) is 2. The summed E-state index contributed by atoms with van der Waals surface area (Å²) >= 11 is 5.39. The number of aromatic nitrogens is 2. The molecule has 0 amide bonds. The fourth-order valence-corrected chi connectivity index (χ4v) is 1.42. The van der Waals surface area contributed by atoms with Gasteiger partial charge in [-0.3, -0.25) is 0 Å². The van der Waals surface area contributed by atoms with Gasteiger partial charge >= 0.3 is 6.18 Å². The second-order valence-electron chi connectivity index (χ2n) is 3.50. The Bertz CT molecular complexity index is 647. The van der Waals surface area contributed by atoms with E-state index in [1.807, 2.05) is 0 Å². The highest BCUT2D eigenvalue weighted by Crippen LogP contribution is 2.31. The second kappa shape index (κ2) is 5.20. The van der Waals surface area contributed by atoms with Crippen LogP contribution in [0, 0.1) is 11.6 Å². The Kier molecular flexibility index (Phi) is 3.76. The van der Waals surface area contributed by atoms with Crippen LogP contribution in [0.3, 0.4) is 0 Å². The van der Waals surface area contributed by atoms with Gasteiger partial charge in [-0.25, -0.2) is 9.37 Å². The molecule has 1 aromatic carbocycles. The molecule has 0 unspecified atom stereocenters. The van der Waals surface area contributed by atoms with Crippen LogP contribution in [0.1, 0.15) is 5.82 Å². The summed E-state index contributed by atoms with van der Waals surface area (Å²) in [6.45, 7) is 0. The molecule has 2 aromatic rings. The summed E-state index contributed by atoms with van der Waals surface area (Å²) < 4.78 is 68.4. The van der Waals surface area contributed by atoms with Crippen LogP contribution in [0.5, 0.6) is 11.6 Å². The molecule has 0 atom stereocenters. The number of alkyl halides is 3. The van der Waals surface area contributed by atoms with Gasteiger partial charge in [-0.05, 0) is 12.1 Å². The van der Waals surface area contributed by atoms with E-state index in [0.29, 0.717) is 0 Å². The first-order chi connectivity index (χ1) is 9.27. The molecule has 1 heterocycles. The van der Waals surface area contributed by atoms with E-state index in [1.165, 1.54) is 0 Å². The summed E-state index contributed by atoms with van der Waals surface area (Å²) in [5.41, 5.74) is 0. The third kappa shape index (κ3) is 3.13. The molecule has 9 heteroatoms. The molecule has 2 rings (SSSR count). The molecule has 0 spiro atoms. The number of ether oxygens (including phenoxy) is 1. The fraction of sp³-hybridized carbons (Fsp3) is 0.0909. The smallest absolute Gasteiger partial charge is 0.436 e. The molecule has 0 aliphatic heterocycles. The second-order valence-corrected chi connectivity index (χ2v) is 3.89. The van der Waals surface area contributed by atoms with Gasteiger partial charge in [0.05, 0.1) is 0 Å². The highest BCUT2D eigenvalue weighted by Gasteiger charge is 2.35. The van der Waals surface area contributed by atoms with Gasteiger partial charge in [0.1, 0.15) is 5.15 Å². The van der Waals surface area contributed by atoms with Crippen molar-refractivity contribution in [3.63, 3.8) is 0 Å². The van der Waals surface area contributed by atoms with E-state index >= 15 is 0 Å². The van der Waals surface area contributed by atoms with Gasteiger partial charge in [0.15, 0.2) is 11.6 Å². The minimum absolute atomic E-state index is 0.542. The van der Waals surface area contributed by atoms with E-state index in [2.05, 4.69) is 9.97 Å². The lowest BCUT2D eigenvalue weighted by Gasteiger charge is -2.09. The fourth-order valence-electron chi connectivity index (χ4n) is 1.25. The van der Waals surface area contributed by atoms with Crippen LogP contribution in [0.4, 0.5) is 22.0 Å². The van der Waals surface area contributed by atoms with Crippen LogP contribution in [-0.2, 0) is 6.18 Å². The lowest BCUT2D eigenvalue weighted by molar-refractivity contribution is -0.145. The Morgan fingerprint density at radius 2 is 1.80 bits per heavy atom. The van der Waals surface area contributed by atoms with Crippen molar-refractivity contribution in [2.24, 2.45) is 0 Å². The Morgan fingerprint density at radius 1 is 1.10 bits per heavy atom. The molecular weight excluding hydrogens is 307 g/mol. The van der Waals surface area contributed by atoms with Crippen LogP contribution in [-0.4, -0.2) is 9.97 Å². The third-order valence-corrected chi connectivity index (χ3v) is 2.25. The number of benzene rings is 1. The van der Waals surface area contributed by atoms with Gasteiger partial charge in [-0.2, -0.15) is 22.5 Å². The zero-order chi connectivity index (χ0) is 14.9. The zero-order valence-electron chi connectivity index (χ0n) is 9.38. The molecular formula is C11H4ClF5N2O. The minimum Gasteiger partial charge on any atom is -0.436 e. The van der Waals surface area contributed by atoms with Gasteiger partial charge in [-0.15, -0.1) is 0 Å². The molecule has 0 N–H and O–H groups in total. The standard InChI is InChI=1S/C11H4ClF5N2O/c12-7-4-8(19-10(18-7)11(15,16)17)20-6-3-1-2-5(13)9(6)14/h1-4H. The van der Waals surface area contributed by atoms with Crippen LogP contribution < -0.4 is 4.74 Å². The van der Waals surface area contributed by atoms with E-state index in [4.69, 9.17) is 16.3 Å². The molecule has 0 aliphatic rings. The summed E-state index contributed by atoms with van der Waals surface area (Å²) in [5.74, 6) is -5.37. The molecule has 0 saturated carbocycles. The molecule has 0 fully saturated rings. The summed E-state index contributed by atoms with van der Waals surface area (Å²) in [6, 6.07) is 3.83. The first-order valence-electron chi connectivity index (χ1n) is 5.01. The maximum absolute atomic E-state index is 13.3. The van der Waals surface area contributed by atoms with E-state index in [9.17, 15) is 22.0 Å². The molecule has 20 heavy (non-hydrogen) atoms. The lowest BCUT2D eigenvalue weighted by atomic mass is 10.3. The monoisotopic (exact) mass is 310 g/mol. The van der Waals surface area contributed by atoms with E-state index in [-0.39, 0.29) is 0 Å². The van der Waals surface area contributed by atoms with Gasteiger partial charge in [0, 0.05) is 6.07 Å². The molecule has 0 saturated heterocycles. The average Bonchev–Trinajstić information content (AvgIpc) is 2.33. The van der Waals surface area contributed by atoms with Gasteiger partial charge < -0.3 is 4.74 Å². The molecule has 0 radical (unpaired) electrons. The topological polar surface area (TPSA) is 35.0 Å². The number of halogens is 6. The highest BCUT2D eigenvalue weighted by atomic mass is 35.5. The Hall–Kier alpha value is -1.96. The van der Waals surface area contributed by atoms with Crippen molar-refractivity contribution >= 4 is 11.6 Å². The summed E-state index contributed by atoms with van der Waals surface area (Å²) in [4.78, 5) is 6.01. The van der Waals surface area contributed by atoms with Crippen LogP contribution in [0.25, 0.3) is 0 Å². The molecule has 1 aromatic heterocycles. The predicted octanol–water partition coefficient (Wildman–Crippen LogP) is 4.22. The van der Waals surface area contributed by atoms with Crippen molar-refractivity contribution in [2.75, 3.05) is 0 Å². The average molecular weight is 311 g/mol. The van der Waals surface area contributed by atoms with Crippen LogP contribution in [0.15, 0.2) is 24.3 Å². The summed E-state index contributed by atoms with van der Waals surface area (Å²) in [6.07, 6.45) is -4.84. The quantitative estimate of drug-likeness (QED) is 0.615. The molecule has 0 aliphatic carbocycles. The third-order valence-electron chi connectivity index (χ3n) is 2.06. The number of rotatable bonds is 2. The van der Waals surface area contributed by atoms with Gasteiger partial charge in [0.25, 0.3) is 0 Å². The van der Waals surface area contributed by atoms with Crippen molar-refractivity contribution in [2.45, 2.75) is 6.18 Å². The van der Waals surface area contributed by atoms with Crippen LogP contribution >= 0.6 is 11.6 Å². The number of hydrogen-bond acceptors (Lipinski definition) is 3. The Balaban J connectivity index is 2.39. The van der Waals surface area contributed by atoms with Crippen molar-refractivity contribution in [1.29, 1.82) is 0 Å². The van der Waals surface area contributed by atoms with Crippen molar-refractivity contribution in [3.05, 3.63) is 46.9 Å². The predicted molar refractivity (Wildman–Crippen MR) is 58.5 cm³/mol. The normalized spacial score (nSPS) is 11.5.